The highest BCUT2D eigenvalue weighted by molar-refractivity contribution is 7.89. The van der Waals surface area contributed by atoms with E-state index in [0.29, 0.717) is 32.1 Å². The van der Waals surface area contributed by atoms with E-state index in [-0.39, 0.29) is 11.4 Å². The molecule has 0 aliphatic carbocycles. The molecule has 10 heteroatoms. The Balaban J connectivity index is 1.88. The lowest BCUT2D eigenvalue weighted by Gasteiger charge is -2.22. The molecular formula is C22H19Cl3N2O4S. The molecule has 0 fully saturated rings. The van der Waals surface area contributed by atoms with Gasteiger partial charge in [-0.05, 0) is 66.2 Å². The Labute approximate surface area is 201 Å². The number of carbonyl (C=O) groups is 1. The van der Waals surface area contributed by atoms with E-state index in [2.05, 4.69) is 5.32 Å². The van der Waals surface area contributed by atoms with Crippen LogP contribution >= 0.6 is 34.8 Å². The summed E-state index contributed by atoms with van der Waals surface area (Å²) in [5.41, 5.74) is 1.01. The van der Waals surface area contributed by atoms with Gasteiger partial charge in [-0.3, -0.25) is 4.79 Å². The van der Waals surface area contributed by atoms with Crippen LogP contribution in [0.25, 0.3) is 0 Å². The fraction of sp³-hybridized carbons (Fsp3) is 0.136. The summed E-state index contributed by atoms with van der Waals surface area (Å²) < 4.78 is 32.8. The summed E-state index contributed by atoms with van der Waals surface area (Å²) in [6.45, 7) is -0.563. The molecule has 0 aliphatic heterocycles. The van der Waals surface area contributed by atoms with Gasteiger partial charge in [-0.25, -0.2) is 8.42 Å². The van der Waals surface area contributed by atoms with E-state index in [4.69, 9.17) is 39.5 Å². The van der Waals surface area contributed by atoms with Gasteiger partial charge in [-0.1, -0.05) is 40.9 Å². The summed E-state index contributed by atoms with van der Waals surface area (Å²) in [6.07, 6.45) is 0. The molecule has 0 saturated heterocycles. The Morgan fingerprint density at radius 1 is 0.938 bits per heavy atom. The Kier molecular flexibility index (Phi) is 8.03. The summed E-state index contributed by atoms with van der Waals surface area (Å²) in [5, 5.41) is 3.80. The molecule has 3 aromatic carbocycles. The van der Waals surface area contributed by atoms with Gasteiger partial charge in [-0.15, -0.1) is 0 Å². The maximum atomic E-state index is 13.3. The van der Waals surface area contributed by atoms with Gasteiger partial charge >= 0.3 is 0 Å². The van der Waals surface area contributed by atoms with Crippen molar-refractivity contribution in [3.05, 3.63) is 87.4 Å². The van der Waals surface area contributed by atoms with E-state index >= 15 is 0 Å². The minimum atomic E-state index is -4.04. The van der Waals surface area contributed by atoms with Crippen LogP contribution in [0.3, 0.4) is 0 Å². The predicted molar refractivity (Wildman–Crippen MR) is 127 cm³/mol. The van der Waals surface area contributed by atoms with Gasteiger partial charge in [0, 0.05) is 27.3 Å². The van der Waals surface area contributed by atoms with Crippen molar-refractivity contribution in [1.29, 1.82) is 0 Å². The minimum absolute atomic E-state index is 0.00392. The molecule has 0 aliphatic rings. The Morgan fingerprint density at radius 2 is 1.56 bits per heavy atom. The zero-order valence-electron chi connectivity index (χ0n) is 16.9. The minimum Gasteiger partial charge on any atom is -0.497 e. The molecule has 0 radical (unpaired) electrons. The molecule has 0 bridgehead atoms. The Bertz CT molecular complexity index is 1200. The molecule has 0 unspecified atom stereocenters. The maximum Gasteiger partial charge on any atom is 0.243 e. The second-order valence-corrected chi connectivity index (χ2v) is 9.96. The van der Waals surface area contributed by atoms with Crippen LogP contribution < -0.4 is 10.1 Å². The summed E-state index contributed by atoms with van der Waals surface area (Å²) in [5.74, 6) is 0.116. The number of sulfonamides is 1. The van der Waals surface area contributed by atoms with Crippen LogP contribution in [0, 0.1) is 0 Å². The van der Waals surface area contributed by atoms with E-state index in [9.17, 15) is 13.2 Å². The number of ether oxygens (including phenoxy) is 1. The smallest absolute Gasteiger partial charge is 0.243 e. The van der Waals surface area contributed by atoms with Gasteiger partial charge in [0.1, 0.15) is 5.75 Å². The van der Waals surface area contributed by atoms with Crippen molar-refractivity contribution >= 4 is 56.4 Å². The molecule has 0 aromatic heterocycles. The Morgan fingerprint density at radius 3 is 2.16 bits per heavy atom. The highest BCUT2D eigenvalue weighted by Gasteiger charge is 2.27. The topological polar surface area (TPSA) is 75.7 Å². The number of hydrogen-bond acceptors (Lipinski definition) is 4. The molecular weight excluding hydrogens is 495 g/mol. The van der Waals surface area contributed by atoms with Crippen molar-refractivity contribution in [3.8, 4) is 5.75 Å². The normalized spacial score (nSPS) is 11.4. The van der Waals surface area contributed by atoms with Crippen LogP contribution in [0.5, 0.6) is 5.75 Å². The molecule has 6 nitrogen and oxygen atoms in total. The number of rotatable bonds is 8. The quantitative estimate of drug-likeness (QED) is 0.432. The zero-order chi connectivity index (χ0) is 23.3. The van der Waals surface area contributed by atoms with E-state index in [0.717, 1.165) is 4.31 Å². The van der Waals surface area contributed by atoms with Crippen molar-refractivity contribution in [2.45, 2.75) is 11.4 Å². The second-order valence-electron chi connectivity index (χ2n) is 6.74. The number of nitrogens with one attached hydrogen (secondary N) is 1. The third kappa shape index (κ3) is 6.15. The van der Waals surface area contributed by atoms with Gasteiger partial charge in [0.2, 0.25) is 15.9 Å². The first-order valence-corrected chi connectivity index (χ1v) is 11.9. The monoisotopic (exact) mass is 512 g/mol. The lowest BCUT2D eigenvalue weighted by atomic mass is 10.2. The second kappa shape index (κ2) is 10.6. The summed E-state index contributed by atoms with van der Waals surface area (Å²) in [7, 11) is -2.50. The highest BCUT2D eigenvalue weighted by Crippen LogP contribution is 2.26. The van der Waals surface area contributed by atoms with Crippen LogP contribution in [0.4, 0.5) is 5.69 Å². The summed E-state index contributed by atoms with van der Waals surface area (Å²) in [4.78, 5) is 12.7. The third-order valence-corrected chi connectivity index (χ3v) is 7.15. The lowest BCUT2D eigenvalue weighted by Crippen LogP contribution is -2.37. The molecule has 32 heavy (non-hydrogen) atoms. The molecule has 3 aromatic rings. The number of anilines is 1. The first-order valence-electron chi connectivity index (χ1n) is 9.32. The largest absolute Gasteiger partial charge is 0.497 e. The number of carbonyl (C=O) groups excluding carboxylic acids is 1. The third-order valence-electron chi connectivity index (χ3n) is 4.51. The zero-order valence-corrected chi connectivity index (χ0v) is 20.0. The van der Waals surface area contributed by atoms with E-state index in [1.54, 1.807) is 36.4 Å². The molecule has 0 atom stereocenters. The van der Waals surface area contributed by atoms with E-state index < -0.39 is 22.5 Å². The summed E-state index contributed by atoms with van der Waals surface area (Å²) >= 11 is 18.1. The number of nitrogens with zero attached hydrogens (tertiary/aromatic N) is 1. The van der Waals surface area contributed by atoms with Crippen molar-refractivity contribution in [1.82, 2.24) is 4.31 Å². The van der Waals surface area contributed by atoms with Gasteiger partial charge in [0.15, 0.2) is 0 Å². The number of halogens is 3. The van der Waals surface area contributed by atoms with Gasteiger partial charge < -0.3 is 10.1 Å². The lowest BCUT2D eigenvalue weighted by molar-refractivity contribution is -0.116. The predicted octanol–water partition coefficient (Wildman–Crippen LogP) is 5.49. The number of amides is 1. The van der Waals surface area contributed by atoms with Crippen molar-refractivity contribution in [2.75, 3.05) is 19.0 Å². The molecule has 0 saturated carbocycles. The highest BCUT2D eigenvalue weighted by atomic mass is 35.5. The SMILES string of the molecule is COc1ccc(NC(=O)CN(Cc2ccc(Cl)cc2Cl)S(=O)(=O)c2ccc(Cl)cc2)cc1. The van der Waals surface area contributed by atoms with Gasteiger partial charge in [-0.2, -0.15) is 4.31 Å². The van der Waals surface area contributed by atoms with Crippen LogP contribution in [0.2, 0.25) is 15.1 Å². The molecule has 3 rings (SSSR count). The number of benzene rings is 3. The van der Waals surface area contributed by atoms with Gasteiger partial charge in [0.05, 0.1) is 18.6 Å². The van der Waals surface area contributed by atoms with Crippen LogP contribution in [-0.2, 0) is 21.4 Å². The number of methoxy groups -OCH3 is 1. The van der Waals surface area contributed by atoms with Crippen LogP contribution in [0.15, 0.2) is 71.6 Å². The van der Waals surface area contributed by atoms with E-state index in [1.165, 1.54) is 37.4 Å². The average Bonchev–Trinajstić information content (AvgIpc) is 2.75. The Hall–Kier alpha value is -2.29. The molecule has 168 valence electrons. The fourth-order valence-electron chi connectivity index (χ4n) is 2.86. The standard InChI is InChI=1S/C22H19Cl3N2O4S/c1-31-19-8-6-18(7-9-19)26-22(28)14-27(13-15-2-3-17(24)12-21(15)25)32(29,30)20-10-4-16(23)5-11-20/h2-12H,13-14H2,1H3,(H,26,28). The van der Waals surface area contributed by atoms with Crippen molar-refractivity contribution in [2.24, 2.45) is 0 Å². The van der Waals surface area contributed by atoms with E-state index in [1.807, 2.05) is 0 Å². The molecule has 1 amide bonds. The average molecular weight is 514 g/mol. The summed E-state index contributed by atoms with van der Waals surface area (Å²) in [6, 6.07) is 17.1. The molecule has 0 heterocycles. The first kappa shape index (κ1) is 24.4. The first-order chi connectivity index (χ1) is 15.2. The van der Waals surface area contributed by atoms with Gasteiger partial charge in [0.25, 0.3) is 0 Å². The van der Waals surface area contributed by atoms with Crippen molar-refractivity contribution in [3.63, 3.8) is 0 Å². The van der Waals surface area contributed by atoms with Crippen LogP contribution in [0.1, 0.15) is 5.56 Å². The van der Waals surface area contributed by atoms with Crippen LogP contribution in [-0.4, -0.2) is 32.3 Å². The van der Waals surface area contributed by atoms with Crippen molar-refractivity contribution < 1.29 is 17.9 Å². The molecule has 0 spiro atoms. The maximum absolute atomic E-state index is 13.3. The molecule has 1 N–H and O–H groups in total. The number of hydrogen-bond donors (Lipinski definition) is 1. The fourth-order valence-corrected chi connectivity index (χ4v) is 4.83.